The van der Waals surface area contributed by atoms with E-state index in [0.717, 1.165) is 23.3 Å². The van der Waals surface area contributed by atoms with Crippen molar-refractivity contribution in [2.45, 2.75) is 39.3 Å². The first-order chi connectivity index (χ1) is 7.20. The van der Waals surface area contributed by atoms with Gasteiger partial charge in [-0.3, -0.25) is 0 Å². The first-order valence-electron chi connectivity index (χ1n) is 5.61. The summed E-state index contributed by atoms with van der Waals surface area (Å²) in [6.07, 6.45) is 2.62. The van der Waals surface area contributed by atoms with Crippen LogP contribution in [0.5, 0.6) is 0 Å². The number of aromatic nitrogens is 1. The molecule has 0 saturated carbocycles. The molecule has 0 bridgehead atoms. The molecule has 1 aliphatic heterocycles. The zero-order valence-electron chi connectivity index (χ0n) is 9.44. The van der Waals surface area contributed by atoms with E-state index in [-0.39, 0.29) is 0 Å². The molecule has 4 heteroatoms. The summed E-state index contributed by atoms with van der Waals surface area (Å²) in [7, 11) is 0. The summed E-state index contributed by atoms with van der Waals surface area (Å²) >= 11 is 1.72. The minimum atomic E-state index is 0.550. The van der Waals surface area contributed by atoms with E-state index < -0.39 is 0 Å². The second-order valence-electron chi connectivity index (χ2n) is 4.51. The Morgan fingerprint density at radius 1 is 1.53 bits per heavy atom. The van der Waals surface area contributed by atoms with Crippen LogP contribution in [0.15, 0.2) is 5.38 Å². The van der Waals surface area contributed by atoms with Gasteiger partial charge in [-0.2, -0.15) is 0 Å². The number of anilines is 1. The molecule has 1 aromatic heterocycles. The SMILES string of the molecule is CC1CCC(C)N(c2nc(CN)cs2)C1. The highest BCUT2D eigenvalue weighted by atomic mass is 32.1. The minimum Gasteiger partial charge on any atom is -0.345 e. The summed E-state index contributed by atoms with van der Waals surface area (Å²) in [6, 6.07) is 0.623. The van der Waals surface area contributed by atoms with Crippen LogP contribution in [0.3, 0.4) is 0 Å². The van der Waals surface area contributed by atoms with Crippen LogP contribution in [0.4, 0.5) is 5.13 Å². The molecule has 15 heavy (non-hydrogen) atoms. The fourth-order valence-corrected chi connectivity index (χ4v) is 3.03. The smallest absolute Gasteiger partial charge is 0.185 e. The third-order valence-corrected chi connectivity index (χ3v) is 4.04. The van der Waals surface area contributed by atoms with Crippen LogP contribution < -0.4 is 10.6 Å². The van der Waals surface area contributed by atoms with Crippen molar-refractivity contribution in [3.63, 3.8) is 0 Å². The van der Waals surface area contributed by atoms with Gasteiger partial charge in [-0.15, -0.1) is 11.3 Å². The van der Waals surface area contributed by atoms with E-state index in [9.17, 15) is 0 Å². The molecule has 1 aliphatic rings. The van der Waals surface area contributed by atoms with Gasteiger partial charge in [-0.1, -0.05) is 6.92 Å². The highest BCUT2D eigenvalue weighted by molar-refractivity contribution is 7.13. The Hall–Kier alpha value is -0.610. The Balaban J connectivity index is 2.13. The van der Waals surface area contributed by atoms with Gasteiger partial charge in [0.15, 0.2) is 5.13 Å². The highest BCUT2D eigenvalue weighted by Gasteiger charge is 2.24. The van der Waals surface area contributed by atoms with E-state index in [1.165, 1.54) is 12.8 Å². The van der Waals surface area contributed by atoms with Gasteiger partial charge in [0.2, 0.25) is 0 Å². The predicted octanol–water partition coefficient (Wildman–Crippen LogP) is 2.23. The van der Waals surface area contributed by atoms with Crippen molar-refractivity contribution in [2.75, 3.05) is 11.4 Å². The van der Waals surface area contributed by atoms with Crippen LogP contribution in [0, 0.1) is 5.92 Å². The quantitative estimate of drug-likeness (QED) is 0.839. The van der Waals surface area contributed by atoms with E-state index in [2.05, 4.69) is 29.1 Å². The van der Waals surface area contributed by atoms with Gasteiger partial charge in [0, 0.05) is 24.5 Å². The first kappa shape index (κ1) is 10.9. The zero-order valence-corrected chi connectivity index (χ0v) is 10.3. The number of hydrogen-bond acceptors (Lipinski definition) is 4. The first-order valence-corrected chi connectivity index (χ1v) is 6.49. The minimum absolute atomic E-state index is 0.550. The van der Waals surface area contributed by atoms with Crippen LogP contribution in [-0.4, -0.2) is 17.6 Å². The van der Waals surface area contributed by atoms with Gasteiger partial charge >= 0.3 is 0 Å². The lowest BCUT2D eigenvalue weighted by Crippen LogP contribution is -2.41. The second kappa shape index (κ2) is 4.49. The Morgan fingerprint density at radius 2 is 2.33 bits per heavy atom. The second-order valence-corrected chi connectivity index (χ2v) is 5.35. The van der Waals surface area contributed by atoms with Crippen molar-refractivity contribution in [3.8, 4) is 0 Å². The van der Waals surface area contributed by atoms with Gasteiger partial charge < -0.3 is 10.6 Å². The molecule has 3 nitrogen and oxygen atoms in total. The third-order valence-electron chi connectivity index (χ3n) is 3.11. The molecule has 0 amide bonds. The fraction of sp³-hybridized carbons (Fsp3) is 0.727. The van der Waals surface area contributed by atoms with Crippen molar-refractivity contribution in [1.82, 2.24) is 4.98 Å². The number of nitrogens with two attached hydrogens (primary N) is 1. The van der Waals surface area contributed by atoms with Crippen LogP contribution in [0.25, 0.3) is 0 Å². The molecular weight excluding hydrogens is 206 g/mol. The van der Waals surface area contributed by atoms with E-state index in [1.807, 2.05) is 0 Å². The normalized spacial score (nSPS) is 27.0. The number of piperidine rings is 1. The topological polar surface area (TPSA) is 42.2 Å². The van der Waals surface area contributed by atoms with Crippen molar-refractivity contribution in [1.29, 1.82) is 0 Å². The standard InChI is InChI=1S/C11H19N3S/c1-8-3-4-9(2)14(6-8)11-13-10(5-12)7-15-11/h7-9H,3-6,12H2,1-2H3. The molecule has 2 N–H and O–H groups in total. The number of hydrogen-bond donors (Lipinski definition) is 1. The molecule has 2 rings (SSSR count). The van der Waals surface area contributed by atoms with Crippen molar-refractivity contribution < 1.29 is 0 Å². The van der Waals surface area contributed by atoms with Gasteiger partial charge in [0.25, 0.3) is 0 Å². The predicted molar refractivity (Wildman–Crippen MR) is 65.2 cm³/mol. The van der Waals surface area contributed by atoms with E-state index in [1.54, 1.807) is 11.3 Å². The maximum Gasteiger partial charge on any atom is 0.185 e. The van der Waals surface area contributed by atoms with E-state index in [4.69, 9.17) is 5.73 Å². The zero-order chi connectivity index (χ0) is 10.8. The van der Waals surface area contributed by atoms with Gasteiger partial charge in [-0.25, -0.2) is 4.98 Å². The Bertz CT molecular complexity index is 323. The largest absolute Gasteiger partial charge is 0.345 e. The van der Waals surface area contributed by atoms with E-state index in [0.29, 0.717) is 12.6 Å². The van der Waals surface area contributed by atoms with Gasteiger partial charge in [0.1, 0.15) is 0 Å². The number of nitrogens with zero attached hydrogens (tertiary/aromatic N) is 2. The summed E-state index contributed by atoms with van der Waals surface area (Å²) in [6.45, 7) is 6.29. The van der Waals surface area contributed by atoms with Crippen LogP contribution in [0.1, 0.15) is 32.4 Å². The van der Waals surface area contributed by atoms with Gasteiger partial charge in [0.05, 0.1) is 5.69 Å². The van der Waals surface area contributed by atoms with E-state index >= 15 is 0 Å². The van der Waals surface area contributed by atoms with Crippen LogP contribution in [-0.2, 0) is 6.54 Å². The third kappa shape index (κ3) is 2.32. The maximum atomic E-state index is 5.58. The molecule has 0 radical (unpaired) electrons. The fourth-order valence-electron chi connectivity index (χ4n) is 2.08. The average molecular weight is 225 g/mol. The van der Waals surface area contributed by atoms with Crippen molar-refractivity contribution in [2.24, 2.45) is 11.7 Å². The summed E-state index contributed by atoms with van der Waals surface area (Å²) in [5, 5.41) is 3.22. The monoisotopic (exact) mass is 225 g/mol. The molecule has 1 saturated heterocycles. The summed E-state index contributed by atoms with van der Waals surface area (Å²) in [5.41, 5.74) is 6.59. The lowest BCUT2D eigenvalue weighted by atomic mass is 9.96. The molecule has 1 aromatic rings. The lowest BCUT2D eigenvalue weighted by molar-refractivity contribution is 0.390. The molecule has 2 atom stereocenters. The molecule has 2 heterocycles. The molecule has 0 spiro atoms. The maximum absolute atomic E-state index is 5.58. The molecule has 84 valence electrons. The van der Waals surface area contributed by atoms with Gasteiger partial charge in [-0.05, 0) is 25.7 Å². The molecule has 0 aromatic carbocycles. The van der Waals surface area contributed by atoms with Crippen molar-refractivity contribution >= 4 is 16.5 Å². The summed E-state index contributed by atoms with van der Waals surface area (Å²) in [5.74, 6) is 0.784. The molecular formula is C11H19N3S. The van der Waals surface area contributed by atoms with Crippen LogP contribution >= 0.6 is 11.3 Å². The Labute approximate surface area is 95.3 Å². The lowest BCUT2D eigenvalue weighted by Gasteiger charge is -2.36. The van der Waals surface area contributed by atoms with Crippen molar-refractivity contribution in [3.05, 3.63) is 11.1 Å². The van der Waals surface area contributed by atoms with Crippen LogP contribution in [0.2, 0.25) is 0 Å². The highest BCUT2D eigenvalue weighted by Crippen LogP contribution is 2.29. The molecule has 2 unspecified atom stereocenters. The summed E-state index contributed by atoms with van der Waals surface area (Å²) in [4.78, 5) is 6.99. The number of rotatable bonds is 2. The molecule has 0 aliphatic carbocycles. The Morgan fingerprint density at radius 3 is 3.00 bits per heavy atom. The Kier molecular flexibility index (Phi) is 3.26. The average Bonchev–Trinajstić information content (AvgIpc) is 2.70. The number of thiazole rings is 1. The molecule has 1 fully saturated rings. The summed E-state index contributed by atoms with van der Waals surface area (Å²) < 4.78 is 0.